The van der Waals surface area contributed by atoms with E-state index in [1.54, 1.807) is 48.5 Å². The molecule has 9 heteroatoms. The Morgan fingerprint density at radius 2 is 1.47 bits per heavy atom. The lowest BCUT2D eigenvalue weighted by Gasteiger charge is -2.21. The van der Waals surface area contributed by atoms with E-state index >= 15 is 0 Å². The van der Waals surface area contributed by atoms with Gasteiger partial charge in [0.05, 0.1) is 5.56 Å². The minimum atomic E-state index is -4.58. The lowest BCUT2D eigenvalue weighted by molar-refractivity contribution is -0.156. The highest BCUT2D eigenvalue weighted by Crippen LogP contribution is 2.31. The summed E-state index contributed by atoms with van der Waals surface area (Å²) in [7, 11) is 0. The molecule has 3 aromatic rings. The summed E-state index contributed by atoms with van der Waals surface area (Å²) in [6.07, 6.45) is -6.04. The minimum Gasteiger partial charge on any atom is -0.446 e. The molecule has 0 aliphatic carbocycles. The van der Waals surface area contributed by atoms with E-state index in [0.717, 1.165) is 18.2 Å². The quantitative estimate of drug-likeness (QED) is 0.489. The van der Waals surface area contributed by atoms with E-state index < -0.39 is 41.7 Å². The average molecular weight is 470 g/mol. The van der Waals surface area contributed by atoms with E-state index in [1.165, 1.54) is 25.1 Å². The Morgan fingerprint density at radius 3 is 2.09 bits per heavy atom. The summed E-state index contributed by atoms with van der Waals surface area (Å²) in [6, 6.07) is 19.2. The van der Waals surface area contributed by atoms with Gasteiger partial charge in [0.2, 0.25) is 6.10 Å². The number of esters is 1. The number of ether oxygens (including phenoxy) is 1. The summed E-state index contributed by atoms with van der Waals surface area (Å²) in [6.45, 7) is 1.40. The van der Waals surface area contributed by atoms with Crippen molar-refractivity contribution < 1.29 is 32.3 Å². The number of amides is 2. The molecule has 2 atom stereocenters. The van der Waals surface area contributed by atoms with Gasteiger partial charge in [0.1, 0.15) is 6.04 Å². The third-order valence-corrected chi connectivity index (χ3v) is 4.77. The van der Waals surface area contributed by atoms with E-state index in [0.29, 0.717) is 11.1 Å². The first-order valence-corrected chi connectivity index (χ1v) is 10.2. The van der Waals surface area contributed by atoms with Crippen molar-refractivity contribution >= 4 is 23.5 Å². The first-order chi connectivity index (χ1) is 16.1. The van der Waals surface area contributed by atoms with Crippen LogP contribution in [-0.4, -0.2) is 23.8 Å². The highest BCUT2D eigenvalue weighted by molar-refractivity contribution is 5.98. The predicted molar refractivity (Wildman–Crippen MR) is 119 cm³/mol. The van der Waals surface area contributed by atoms with Gasteiger partial charge in [-0.1, -0.05) is 54.6 Å². The number of alkyl halides is 3. The number of halogens is 3. The van der Waals surface area contributed by atoms with Crippen molar-refractivity contribution in [3.63, 3.8) is 0 Å². The van der Waals surface area contributed by atoms with Gasteiger partial charge in [-0.05, 0) is 37.3 Å². The number of rotatable bonds is 7. The Morgan fingerprint density at radius 1 is 0.853 bits per heavy atom. The highest BCUT2D eigenvalue weighted by Gasteiger charge is 2.32. The molecule has 6 nitrogen and oxygen atoms in total. The second kappa shape index (κ2) is 10.7. The van der Waals surface area contributed by atoms with Crippen LogP contribution in [0.2, 0.25) is 0 Å². The third-order valence-electron chi connectivity index (χ3n) is 4.77. The van der Waals surface area contributed by atoms with Crippen LogP contribution in [0.5, 0.6) is 0 Å². The number of carbonyl (C=O) groups is 3. The van der Waals surface area contributed by atoms with Crippen molar-refractivity contribution in [2.45, 2.75) is 25.2 Å². The fourth-order valence-electron chi connectivity index (χ4n) is 3.03. The van der Waals surface area contributed by atoms with Crippen molar-refractivity contribution in [2.75, 3.05) is 5.32 Å². The SMILES string of the molecule is C[C@H](NC(=O)c1ccccc1)C(=O)OC(C(=O)Nc1cccc(C(F)(F)F)c1)c1ccccc1. The Kier molecular flexibility index (Phi) is 7.68. The molecular formula is C25H21F3N2O4. The molecule has 0 aliphatic rings. The molecule has 0 spiro atoms. The first kappa shape index (κ1) is 24.5. The molecule has 2 N–H and O–H groups in total. The molecule has 0 bridgehead atoms. The number of carbonyl (C=O) groups excluding carboxylic acids is 3. The molecule has 3 rings (SSSR count). The smallest absolute Gasteiger partial charge is 0.416 e. The summed E-state index contributed by atoms with van der Waals surface area (Å²) in [5.74, 6) is -2.24. The molecule has 176 valence electrons. The van der Waals surface area contributed by atoms with E-state index in [2.05, 4.69) is 10.6 Å². The molecule has 3 aromatic carbocycles. The summed E-state index contributed by atoms with van der Waals surface area (Å²) >= 11 is 0. The highest BCUT2D eigenvalue weighted by atomic mass is 19.4. The van der Waals surface area contributed by atoms with Crippen LogP contribution < -0.4 is 10.6 Å². The number of nitrogens with one attached hydrogen (secondary N) is 2. The van der Waals surface area contributed by atoms with Gasteiger partial charge in [0.25, 0.3) is 11.8 Å². The van der Waals surface area contributed by atoms with Crippen LogP contribution in [0.3, 0.4) is 0 Å². The first-order valence-electron chi connectivity index (χ1n) is 10.2. The van der Waals surface area contributed by atoms with Gasteiger partial charge in [-0.3, -0.25) is 9.59 Å². The van der Waals surface area contributed by atoms with Crippen molar-refractivity contribution in [2.24, 2.45) is 0 Å². The van der Waals surface area contributed by atoms with Crippen molar-refractivity contribution in [1.29, 1.82) is 0 Å². The van der Waals surface area contributed by atoms with Crippen LogP contribution in [0.15, 0.2) is 84.9 Å². The van der Waals surface area contributed by atoms with E-state index in [1.807, 2.05) is 0 Å². The van der Waals surface area contributed by atoms with Gasteiger partial charge < -0.3 is 15.4 Å². The van der Waals surface area contributed by atoms with Crippen LogP contribution in [0.25, 0.3) is 0 Å². The van der Waals surface area contributed by atoms with Gasteiger partial charge in [-0.15, -0.1) is 0 Å². The Bertz CT molecular complexity index is 1150. The molecule has 0 radical (unpaired) electrons. The second-order valence-electron chi connectivity index (χ2n) is 7.36. The largest absolute Gasteiger partial charge is 0.446 e. The van der Waals surface area contributed by atoms with Crippen molar-refractivity contribution in [1.82, 2.24) is 5.32 Å². The Labute approximate surface area is 193 Å². The maximum Gasteiger partial charge on any atom is 0.416 e. The number of hydrogen-bond acceptors (Lipinski definition) is 4. The molecule has 0 aliphatic heterocycles. The molecule has 2 amide bonds. The predicted octanol–water partition coefficient (Wildman–Crippen LogP) is 4.75. The molecule has 34 heavy (non-hydrogen) atoms. The second-order valence-corrected chi connectivity index (χ2v) is 7.36. The summed E-state index contributed by atoms with van der Waals surface area (Å²) < 4.78 is 44.4. The van der Waals surface area contributed by atoms with Crippen LogP contribution in [-0.2, 0) is 20.5 Å². The van der Waals surface area contributed by atoms with E-state index in [9.17, 15) is 27.6 Å². The van der Waals surface area contributed by atoms with Crippen LogP contribution >= 0.6 is 0 Å². The maximum absolute atomic E-state index is 13.0. The molecular weight excluding hydrogens is 449 g/mol. The van der Waals surface area contributed by atoms with Gasteiger partial charge in [-0.25, -0.2) is 4.79 Å². The summed E-state index contributed by atoms with van der Waals surface area (Å²) in [4.78, 5) is 37.9. The molecule has 0 fully saturated rings. The lowest BCUT2D eigenvalue weighted by atomic mass is 10.1. The average Bonchev–Trinajstić information content (AvgIpc) is 2.83. The number of hydrogen-bond donors (Lipinski definition) is 2. The van der Waals surface area contributed by atoms with Gasteiger partial charge in [0, 0.05) is 16.8 Å². The maximum atomic E-state index is 13.0. The van der Waals surface area contributed by atoms with E-state index in [-0.39, 0.29) is 5.69 Å². The Hall–Kier alpha value is -4.14. The van der Waals surface area contributed by atoms with Crippen molar-refractivity contribution in [3.8, 4) is 0 Å². The number of benzene rings is 3. The standard InChI is InChI=1S/C25H21F3N2O4/c1-16(29-22(31)18-11-6-3-7-12-18)24(33)34-21(17-9-4-2-5-10-17)23(32)30-20-14-8-13-19(15-20)25(26,27)28/h2-16,21H,1H3,(H,29,31)(H,30,32)/t16-,21?/m0/s1. The van der Waals surface area contributed by atoms with E-state index in [4.69, 9.17) is 4.74 Å². The lowest BCUT2D eigenvalue weighted by Crippen LogP contribution is -2.41. The third kappa shape index (κ3) is 6.44. The topological polar surface area (TPSA) is 84.5 Å². The zero-order chi connectivity index (χ0) is 24.7. The van der Waals surface area contributed by atoms with Gasteiger partial charge >= 0.3 is 12.1 Å². The molecule has 0 saturated carbocycles. The number of anilines is 1. The fraction of sp³-hybridized carbons (Fsp3) is 0.160. The van der Waals surface area contributed by atoms with Gasteiger partial charge in [0.15, 0.2) is 0 Å². The van der Waals surface area contributed by atoms with Crippen LogP contribution in [0.4, 0.5) is 18.9 Å². The molecule has 1 unspecified atom stereocenters. The molecule has 0 aromatic heterocycles. The van der Waals surface area contributed by atoms with Crippen LogP contribution in [0.1, 0.15) is 34.5 Å². The molecule has 0 saturated heterocycles. The zero-order valence-electron chi connectivity index (χ0n) is 18.0. The fourth-order valence-corrected chi connectivity index (χ4v) is 3.03. The minimum absolute atomic E-state index is 0.109. The van der Waals surface area contributed by atoms with Crippen LogP contribution in [0, 0.1) is 0 Å². The van der Waals surface area contributed by atoms with Crippen molar-refractivity contribution in [3.05, 3.63) is 102 Å². The normalized spacial score (nSPS) is 12.8. The molecule has 0 heterocycles. The summed E-state index contributed by atoms with van der Waals surface area (Å²) in [5.41, 5.74) is -0.399. The summed E-state index contributed by atoms with van der Waals surface area (Å²) in [5, 5.41) is 4.86. The van der Waals surface area contributed by atoms with Gasteiger partial charge in [-0.2, -0.15) is 13.2 Å². The Balaban J connectivity index is 1.75. The monoisotopic (exact) mass is 470 g/mol. The zero-order valence-corrected chi connectivity index (χ0v) is 18.0.